The van der Waals surface area contributed by atoms with Crippen molar-refractivity contribution in [1.29, 1.82) is 0 Å². The second-order valence-corrected chi connectivity index (χ2v) is 3.49. The monoisotopic (exact) mass is 193 g/mol. The van der Waals surface area contributed by atoms with Gasteiger partial charge in [-0.1, -0.05) is 12.2 Å². The fraction of sp³-hybridized carbons (Fsp3) is 0.273. The molecule has 1 heterocycles. The zero-order chi connectivity index (χ0) is 10.1. The van der Waals surface area contributed by atoms with Gasteiger partial charge in [0.15, 0.2) is 0 Å². The van der Waals surface area contributed by atoms with E-state index >= 15 is 0 Å². The molecule has 0 saturated heterocycles. The quantitative estimate of drug-likeness (QED) is 0.692. The van der Waals surface area contributed by atoms with Crippen LogP contribution in [0.4, 0.5) is 10.1 Å². The maximum atomic E-state index is 12.9. The smallest absolute Gasteiger partial charge is 0.142 e. The Kier molecular flexibility index (Phi) is 2.15. The van der Waals surface area contributed by atoms with Crippen LogP contribution in [-0.4, -0.2) is 12.6 Å². The second kappa shape index (κ2) is 3.33. The standard InChI is InChI=1S/C11H12FNO/c1-7(2)10-6-14-11-4-3-8(12)5-9(11)13-10/h3-5,10,13H,1,6H2,2H3. The zero-order valence-electron chi connectivity index (χ0n) is 8.01. The van der Waals surface area contributed by atoms with Gasteiger partial charge >= 0.3 is 0 Å². The van der Waals surface area contributed by atoms with E-state index in [2.05, 4.69) is 11.9 Å². The predicted octanol–water partition coefficient (Wildman–Crippen LogP) is 2.57. The van der Waals surface area contributed by atoms with Crippen LogP contribution in [0.15, 0.2) is 30.4 Å². The Morgan fingerprint density at radius 1 is 1.64 bits per heavy atom. The van der Waals surface area contributed by atoms with Gasteiger partial charge in [0.05, 0.1) is 11.7 Å². The van der Waals surface area contributed by atoms with Gasteiger partial charge in [-0.3, -0.25) is 0 Å². The first kappa shape index (κ1) is 9.06. The predicted molar refractivity (Wildman–Crippen MR) is 54.1 cm³/mol. The summed E-state index contributed by atoms with van der Waals surface area (Å²) < 4.78 is 18.4. The van der Waals surface area contributed by atoms with E-state index in [0.717, 1.165) is 5.57 Å². The van der Waals surface area contributed by atoms with Gasteiger partial charge in [0.25, 0.3) is 0 Å². The van der Waals surface area contributed by atoms with Gasteiger partial charge in [0, 0.05) is 6.07 Å². The van der Waals surface area contributed by atoms with Crippen LogP contribution in [0.1, 0.15) is 6.92 Å². The molecule has 2 rings (SSSR count). The molecule has 0 aliphatic carbocycles. The average Bonchev–Trinajstić information content (AvgIpc) is 2.16. The zero-order valence-corrected chi connectivity index (χ0v) is 8.01. The number of hydrogen-bond acceptors (Lipinski definition) is 2. The van der Waals surface area contributed by atoms with Gasteiger partial charge in [-0.2, -0.15) is 0 Å². The molecule has 0 spiro atoms. The molecular formula is C11H12FNO. The van der Waals surface area contributed by atoms with Crippen LogP contribution in [0.2, 0.25) is 0 Å². The minimum absolute atomic E-state index is 0.0734. The number of hydrogen-bond donors (Lipinski definition) is 1. The van der Waals surface area contributed by atoms with E-state index in [-0.39, 0.29) is 11.9 Å². The molecule has 14 heavy (non-hydrogen) atoms. The fourth-order valence-electron chi connectivity index (χ4n) is 1.41. The van der Waals surface area contributed by atoms with Crippen LogP contribution in [-0.2, 0) is 0 Å². The molecule has 1 aromatic carbocycles. The van der Waals surface area contributed by atoms with Gasteiger partial charge in [-0.15, -0.1) is 0 Å². The van der Waals surface area contributed by atoms with E-state index in [1.54, 1.807) is 6.07 Å². The highest BCUT2D eigenvalue weighted by molar-refractivity contribution is 5.59. The Balaban J connectivity index is 2.29. The van der Waals surface area contributed by atoms with Gasteiger partial charge in [0.2, 0.25) is 0 Å². The van der Waals surface area contributed by atoms with Gasteiger partial charge in [-0.25, -0.2) is 4.39 Å². The molecule has 3 heteroatoms. The van der Waals surface area contributed by atoms with E-state index in [1.807, 2.05) is 6.92 Å². The topological polar surface area (TPSA) is 21.3 Å². The van der Waals surface area contributed by atoms with Crippen molar-refractivity contribution in [2.75, 3.05) is 11.9 Å². The molecule has 0 saturated carbocycles. The van der Waals surface area contributed by atoms with Crippen molar-refractivity contribution in [3.05, 3.63) is 36.2 Å². The number of benzene rings is 1. The lowest BCUT2D eigenvalue weighted by Crippen LogP contribution is -2.32. The molecular weight excluding hydrogens is 181 g/mol. The van der Waals surface area contributed by atoms with Gasteiger partial charge in [-0.05, 0) is 19.1 Å². The summed E-state index contributed by atoms with van der Waals surface area (Å²) in [4.78, 5) is 0. The summed E-state index contributed by atoms with van der Waals surface area (Å²) in [6.07, 6.45) is 0. The molecule has 1 N–H and O–H groups in total. The second-order valence-electron chi connectivity index (χ2n) is 3.49. The van der Waals surface area contributed by atoms with E-state index in [4.69, 9.17) is 4.74 Å². The summed E-state index contributed by atoms with van der Waals surface area (Å²) >= 11 is 0. The molecule has 0 fully saturated rings. The van der Waals surface area contributed by atoms with Crippen LogP contribution in [0.3, 0.4) is 0 Å². The summed E-state index contributed by atoms with van der Waals surface area (Å²) in [6.45, 7) is 6.31. The third-order valence-corrected chi connectivity index (χ3v) is 2.27. The van der Waals surface area contributed by atoms with Crippen LogP contribution >= 0.6 is 0 Å². The first-order valence-electron chi connectivity index (χ1n) is 4.51. The summed E-state index contributed by atoms with van der Waals surface area (Å²) in [5.74, 6) is 0.436. The molecule has 0 amide bonds. The van der Waals surface area contributed by atoms with Crippen molar-refractivity contribution in [2.24, 2.45) is 0 Å². The molecule has 0 radical (unpaired) electrons. The Morgan fingerprint density at radius 2 is 2.43 bits per heavy atom. The van der Waals surface area contributed by atoms with Crippen molar-refractivity contribution in [2.45, 2.75) is 13.0 Å². The Morgan fingerprint density at radius 3 is 3.14 bits per heavy atom. The lowest BCUT2D eigenvalue weighted by molar-refractivity contribution is 0.297. The van der Waals surface area contributed by atoms with Crippen LogP contribution in [0.25, 0.3) is 0 Å². The molecule has 0 bridgehead atoms. The largest absolute Gasteiger partial charge is 0.489 e. The molecule has 1 aliphatic rings. The van der Waals surface area contributed by atoms with Crippen LogP contribution < -0.4 is 10.1 Å². The summed E-state index contributed by atoms with van der Waals surface area (Å²) in [5, 5.41) is 3.17. The minimum atomic E-state index is -0.262. The SMILES string of the molecule is C=C(C)C1COc2ccc(F)cc2N1. The number of fused-ring (bicyclic) bond motifs is 1. The highest BCUT2D eigenvalue weighted by Crippen LogP contribution is 2.30. The van der Waals surface area contributed by atoms with E-state index < -0.39 is 0 Å². The van der Waals surface area contributed by atoms with Crippen LogP contribution in [0, 0.1) is 5.82 Å². The minimum Gasteiger partial charge on any atom is -0.489 e. The third kappa shape index (κ3) is 1.58. The average molecular weight is 193 g/mol. The van der Waals surface area contributed by atoms with Crippen molar-refractivity contribution in [3.8, 4) is 5.75 Å². The molecule has 1 atom stereocenters. The molecule has 1 aromatic rings. The van der Waals surface area contributed by atoms with Gasteiger partial charge < -0.3 is 10.1 Å². The summed E-state index contributed by atoms with van der Waals surface area (Å²) in [5.41, 5.74) is 1.68. The van der Waals surface area contributed by atoms with Crippen molar-refractivity contribution in [3.63, 3.8) is 0 Å². The Hall–Kier alpha value is -1.51. The first-order chi connectivity index (χ1) is 6.66. The van der Waals surface area contributed by atoms with Gasteiger partial charge in [0.1, 0.15) is 18.2 Å². The highest BCUT2D eigenvalue weighted by atomic mass is 19.1. The first-order valence-corrected chi connectivity index (χ1v) is 4.51. The van der Waals surface area contributed by atoms with Crippen molar-refractivity contribution in [1.82, 2.24) is 0 Å². The highest BCUT2D eigenvalue weighted by Gasteiger charge is 2.19. The van der Waals surface area contributed by atoms with Crippen LogP contribution in [0.5, 0.6) is 5.75 Å². The van der Waals surface area contributed by atoms with E-state index in [9.17, 15) is 4.39 Å². The molecule has 74 valence electrons. The van der Waals surface area contributed by atoms with E-state index in [0.29, 0.717) is 18.0 Å². The molecule has 2 nitrogen and oxygen atoms in total. The lowest BCUT2D eigenvalue weighted by Gasteiger charge is -2.27. The maximum absolute atomic E-state index is 12.9. The maximum Gasteiger partial charge on any atom is 0.142 e. The number of rotatable bonds is 1. The number of ether oxygens (including phenoxy) is 1. The fourth-order valence-corrected chi connectivity index (χ4v) is 1.41. The summed E-state index contributed by atoms with van der Waals surface area (Å²) in [6, 6.07) is 4.53. The normalized spacial score (nSPS) is 19.1. The van der Waals surface area contributed by atoms with E-state index in [1.165, 1.54) is 12.1 Å². The Labute approximate surface area is 82.4 Å². The third-order valence-electron chi connectivity index (χ3n) is 2.27. The Bertz CT molecular complexity index is 376. The van der Waals surface area contributed by atoms with Crippen molar-refractivity contribution < 1.29 is 9.13 Å². The molecule has 1 aliphatic heterocycles. The summed E-state index contributed by atoms with van der Waals surface area (Å²) in [7, 11) is 0. The number of nitrogens with one attached hydrogen (secondary N) is 1. The molecule has 0 aromatic heterocycles. The number of anilines is 1. The van der Waals surface area contributed by atoms with Crippen molar-refractivity contribution >= 4 is 5.69 Å². The molecule has 1 unspecified atom stereocenters. The lowest BCUT2D eigenvalue weighted by atomic mass is 10.1. The number of halogens is 1.